The van der Waals surface area contributed by atoms with Gasteiger partial charge in [-0.1, -0.05) is 12.8 Å². The van der Waals surface area contributed by atoms with E-state index in [-0.39, 0.29) is 0 Å². The number of nitrogens with two attached hydrogens (primary N) is 1. The molecule has 1 aliphatic rings. The van der Waals surface area contributed by atoms with E-state index in [0.717, 1.165) is 12.1 Å². The minimum absolute atomic E-state index is 0.532. The molecule has 1 aromatic heterocycles. The summed E-state index contributed by atoms with van der Waals surface area (Å²) >= 11 is 1.61. The van der Waals surface area contributed by atoms with Gasteiger partial charge in [0.1, 0.15) is 0 Å². The van der Waals surface area contributed by atoms with E-state index in [9.17, 15) is 0 Å². The summed E-state index contributed by atoms with van der Waals surface area (Å²) in [6.45, 7) is 0.711. The van der Waals surface area contributed by atoms with Gasteiger partial charge in [-0.05, 0) is 12.8 Å². The lowest BCUT2D eigenvalue weighted by atomic mass is 10.2. The molecule has 17 heavy (non-hydrogen) atoms. The summed E-state index contributed by atoms with van der Waals surface area (Å²) < 4.78 is 0. The molecule has 0 spiro atoms. The molecule has 0 aromatic carbocycles. The van der Waals surface area contributed by atoms with Gasteiger partial charge in [0, 0.05) is 24.4 Å². The van der Waals surface area contributed by atoms with Crippen molar-refractivity contribution in [2.24, 2.45) is 10.8 Å². The number of hydrogen-bond acceptors (Lipinski definition) is 4. The number of nitrogens with zero attached hydrogens (tertiary/aromatic N) is 2. The van der Waals surface area contributed by atoms with Crippen molar-refractivity contribution >= 4 is 17.3 Å². The van der Waals surface area contributed by atoms with Crippen molar-refractivity contribution in [2.75, 3.05) is 6.54 Å². The minimum Gasteiger partial charge on any atom is -0.353 e. The van der Waals surface area contributed by atoms with Gasteiger partial charge in [0.05, 0.1) is 11.2 Å². The van der Waals surface area contributed by atoms with Crippen molar-refractivity contribution in [1.29, 1.82) is 0 Å². The molecule has 2 rings (SSSR count). The molecule has 0 amide bonds. The highest BCUT2D eigenvalue weighted by molar-refractivity contribution is 7.07. The Hall–Kier alpha value is -1.14. The summed E-state index contributed by atoms with van der Waals surface area (Å²) in [6, 6.07) is 0.532. The molecule has 94 valence electrons. The van der Waals surface area contributed by atoms with Crippen molar-refractivity contribution in [3.63, 3.8) is 0 Å². The summed E-state index contributed by atoms with van der Waals surface area (Å²) in [7, 11) is 0. The molecule has 1 heterocycles. The summed E-state index contributed by atoms with van der Waals surface area (Å²) in [5.74, 6) is 6.15. The van der Waals surface area contributed by atoms with E-state index in [1.807, 2.05) is 5.51 Å². The number of aliphatic imine (C=N–C) groups is 1. The second kappa shape index (κ2) is 6.56. The Morgan fingerprint density at radius 2 is 2.35 bits per heavy atom. The molecule has 6 heteroatoms. The van der Waals surface area contributed by atoms with E-state index in [1.54, 1.807) is 11.3 Å². The first-order chi connectivity index (χ1) is 8.38. The van der Waals surface area contributed by atoms with Crippen LogP contribution in [0.15, 0.2) is 15.9 Å². The lowest BCUT2D eigenvalue weighted by Crippen LogP contribution is -2.45. The van der Waals surface area contributed by atoms with Crippen molar-refractivity contribution in [1.82, 2.24) is 15.7 Å². The predicted molar refractivity (Wildman–Crippen MR) is 70.8 cm³/mol. The normalized spacial score (nSPS) is 17.4. The van der Waals surface area contributed by atoms with E-state index < -0.39 is 0 Å². The van der Waals surface area contributed by atoms with Crippen LogP contribution < -0.4 is 16.6 Å². The zero-order chi connectivity index (χ0) is 11.9. The van der Waals surface area contributed by atoms with Gasteiger partial charge in [0.2, 0.25) is 5.96 Å². The fraction of sp³-hybridized carbons (Fsp3) is 0.636. The van der Waals surface area contributed by atoms with Gasteiger partial charge >= 0.3 is 0 Å². The van der Waals surface area contributed by atoms with Crippen LogP contribution in [0.5, 0.6) is 0 Å². The molecule has 1 aromatic rings. The molecule has 5 nitrogen and oxygen atoms in total. The molecule has 1 fully saturated rings. The van der Waals surface area contributed by atoms with Crippen molar-refractivity contribution in [2.45, 2.75) is 38.1 Å². The highest BCUT2D eigenvalue weighted by Gasteiger charge is 2.15. The molecule has 0 aliphatic heterocycles. The molecule has 1 saturated carbocycles. The van der Waals surface area contributed by atoms with Gasteiger partial charge in [0.25, 0.3) is 0 Å². The predicted octanol–water partition coefficient (Wildman–Crippen LogP) is 1.04. The van der Waals surface area contributed by atoms with Gasteiger partial charge in [0.15, 0.2) is 0 Å². The maximum absolute atomic E-state index is 5.45. The van der Waals surface area contributed by atoms with E-state index in [4.69, 9.17) is 5.84 Å². The van der Waals surface area contributed by atoms with Crippen LogP contribution in [-0.2, 0) is 6.42 Å². The van der Waals surface area contributed by atoms with Gasteiger partial charge in [-0.3, -0.25) is 10.4 Å². The molecule has 1 aliphatic carbocycles. The Labute approximate surface area is 106 Å². The van der Waals surface area contributed by atoms with E-state index in [0.29, 0.717) is 18.5 Å². The monoisotopic (exact) mass is 253 g/mol. The van der Waals surface area contributed by atoms with Gasteiger partial charge < -0.3 is 5.32 Å². The van der Waals surface area contributed by atoms with Crippen LogP contribution in [-0.4, -0.2) is 23.5 Å². The summed E-state index contributed by atoms with van der Waals surface area (Å²) in [5, 5.41) is 5.39. The molecule has 0 atom stereocenters. The highest BCUT2D eigenvalue weighted by Crippen LogP contribution is 2.17. The van der Waals surface area contributed by atoms with Crippen molar-refractivity contribution in [3.8, 4) is 0 Å². The number of aromatic nitrogens is 1. The number of hydrazine groups is 1. The van der Waals surface area contributed by atoms with Crippen LogP contribution >= 0.6 is 11.3 Å². The third-order valence-electron chi connectivity index (χ3n) is 2.95. The van der Waals surface area contributed by atoms with Crippen LogP contribution in [0.1, 0.15) is 31.4 Å². The minimum atomic E-state index is 0.532. The fourth-order valence-electron chi connectivity index (χ4n) is 2.04. The molecule has 0 saturated heterocycles. The Morgan fingerprint density at radius 3 is 3.00 bits per heavy atom. The second-order valence-corrected chi connectivity index (χ2v) is 4.95. The molecule has 0 bridgehead atoms. The third-order valence-corrected chi connectivity index (χ3v) is 3.59. The summed E-state index contributed by atoms with van der Waals surface area (Å²) in [5.41, 5.74) is 5.57. The van der Waals surface area contributed by atoms with E-state index >= 15 is 0 Å². The SMILES string of the molecule is NNC(=NCCc1cscn1)NC1CCCC1. The first kappa shape index (κ1) is 12.3. The number of thiazole rings is 1. The number of rotatable bonds is 4. The van der Waals surface area contributed by atoms with Crippen LogP contribution in [0.3, 0.4) is 0 Å². The average molecular weight is 253 g/mol. The zero-order valence-corrected chi connectivity index (χ0v) is 10.7. The zero-order valence-electron chi connectivity index (χ0n) is 9.85. The number of nitrogens with one attached hydrogen (secondary N) is 2. The highest BCUT2D eigenvalue weighted by atomic mass is 32.1. The molecule has 4 N–H and O–H groups in total. The van der Waals surface area contributed by atoms with Gasteiger partial charge in [-0.25, -0.2) is 10.8 Å². The Balaban J connectivity index is 1.76. The average Bonchev–Trinajstić information content (AvgIpc) is 3.00. The van der Waals surface area contributed by atoms with Gasteiger partial charge in [-0.15, -0.1) is 11.3 Å². The molecule has 0 unspecified atom stereocenters. The largest absolute Gasteiger partial charge is 0.353 e. The molecular weight excluding hydrogens is 234 g/mol. The topological polar surface area (TPSA) is 75.3 Å². The van der Waals surface area contributed by atoms with E-state index in [1.165, 1.54) is 25.7 Å². The maximum atomic E-state index is 5.45. The van der Waals surface area contributed by atoms with Crippen LogP contribution in [0.4, 0.5) is 0 Å². The van der Waals surface area contributed by atoms with Crippen molar-refractivity contribution in [3.05, 3.63) is 16.6 Å². The Bertz CT molecular complexity index is 343. The molecule has 0 radical (unpaired) electrons. The lowest BCUT2D eigenvalue weighted by Gasteiger charge is -2.14. The quantitative estimate of drug-likeness (QED) is 0.324. The third kappa shape index (κ3) is 3.98. The number of guanidine groups is 1. The van der Waals surface area contributed by atoms with E-state index in [2.05, 4.69) is 26.1 Å². The number of hydrogen-bond donors (Lipinski definition) is 3. The van der Waals surface area contributed by atoms with Crippen LogP contribution in [0, 0.1) is 0 Å². The second-order valence-electron chi connectivity index (χ2n) is 4.23. The standard InChI is InChI=1S/C11H19N5S/c12-16-11(15-9-3-1-2-4-9)13-6-5-10-7-17-8-14-10/h7-9H,1-6,12H2,(H2,13,15,16). The lowest BCUT2D eigenvalue weighted by molar-refractivity contribution is 0.614. The van der Waals surface area contributed by atoms with Crippen molar-refractivity contribution < 1.29 is 0 Å². The summed E-state index contributed by atoms with van der Waals surface area (Å²) in [4.78, 5) is 8.63. The maximum Gasteiger partial charge on any atom is 0.205 e. The Kier molecular flexibility index (Phi) is 4.75. The van der Waals surface area contributed by atoms with Gasteiger partial charge in [-0.2, -0.15) is 0 Å². The fourth-order valence-corrected chi connectivity index (χ4v) is 2.63. The Morgan fingerprint density at radius 1 is 1.53 bits per heavy atom. The molecular formula is C11H19N5S. The summed E-state index contributed by atoms with van der Waals surface area (Å²) in [6.07, 6.45) is 5.89. The first-order valence-electron chi connectivity index (χ1n) is 6.03. The van der Waals surface area contributed by atoms with Crippen LogP contribution in [0.2, 0.25) is 0 Å². The van der Waals surface area contributed by atoms with Crippen LogP contribution in [0.25, 0.3) is 0 Å². The first-order valence-corrected chi connectivity index (χ1v) is 6.97. The smallest absolute Gasteiger partial charge is 0.205 e.